The molecule has 1 saturated heterocycles. The van der Waals surface area contributed by atoms with Crippen LogP contribution in [0.1, 0.15) is 53.1 Å². The monoisotopic (exact) mass is 610 g/mol. The zero-order valence-electron chi connectivity index (χ0n) is 21.0. The van der Waals surface area contributed by atoms with E-state index in [-0.39, 0.29) is 29.2 Å². The fraction of sp³-hybridized carbons (Fsp3) is 0.440. The van der Waals surface area contributed by atoms with Crippen LogP contribution in [-0.4, -0.2) is 61.3 Å². The van der Waals surface area contributed by atoms with Gasteiger partial charge in [0.25, 0.3) is 10.0 Å². The Hall–Kier alpha value is -2.97. The largest absolute Gasteiger partial charge is 0.493 e. The van der Waals surface area contributed by atoms with Crippen LogP contribution in [0, 0.1) is 11.6 Å². The maximum absolute atomic E-state index is 15.6. The average molecular weight is 611 g/mol. The fourth-order valence-electron chi connectivity index (χ4n) is 4.29. The fourth-order valence-corrected chi connectivity index (χ4v) is 5.11. The number of hydrogen-bond donors (Lipinski definition) is 0. The second-order valence-corrected chi connectivity index (χ2v) is 11.9. The first-order valence-electron chi connectivity index (χ1n) is 12.1. The first-order chi connectivity index (χ1) is 18.6. The standard InChI is InChI=1S/C25H24ClF5N2O6S/c1-40(36,37)33(39-24(35)25(29,30)31)23(34)19-11-15(14-2-3-14)10-16(22(19)28)13-32-8-6-18(7-9-32)38-21-5-4-17(27)12-20(21)26/h4-5,10-12,14,18H,2-3,6-9,13H2,1H3. The maximum Gasteiger partial charge on any atom is 0.493 e. The summed E-state index contributed by atoms with van der Waals surface area (Å²) in [5.74, 6) is -6.05. The molecule has 0 radical (unpaired) electrons. The van der Waals surface area contributed by atoms with E-state index in [9.17, 15) is 35.6 Å². The molecule has 218 valence electrons. The molecule has 1 aliphatic heterocycles. The number of hydrogen-bond acceptors (Lipinski definition) is 7. The minimum Gasteiger partial charge on any atom is -0.489 e. The second kappa shape index (κ2) is 11.5. The van der Waals surface area contributed by atoms with Crippen LogP contribution in [0.3, 0.4) is 0 Å². The molecule has 0 spiro atoms. The molecule has 0 N–H and O–H groups in total. The Morgan fingerprint density at radius 3 is 2.27 bits per heavy atom. The summed E-state index contributed by atoms with van der Waals surface area (Å²) in [6.45, 7) is 0.898. The van der Waals surface area contributed by atoms with Gasteiger partial charge in [0, 0.05) is 25.2 Å². The van der Waals surface area contributed by atoms with E-state index in [1.807, 2.05) is 4.90 Å². The van der Waals surface area contributed by atoms with Crippen molar-refractivity contribution < 1.29 is 49.5 Å². The number of sulfonamides is 1. The zero-order chi connectivity index (χ0) is 29.4. The van der Waals surface area contributed by atoms with Crippen LogP contribution >= 0.6 is 11.6 Å². The molecule has 2 aromatic carbocycles. The number of ether oxygens (including phenoxy) is 1. The van der Waals surface area contributed by atoms with Gasteiger partial charge >= 0.3 is 18.1 Å². The van der Waals surface area contributed by atoms with Gasteiger partial charge in [0.1, 0.15) is 23.5 Å². The van der Waals surface area contributed by atoms with Gasteiger partial charge in [-0.15, -0.1) is 0 Å². The van der Waals surface area contributed by atoms with E-state index >= 15 is 4.39 Å². The van der Waals surface area contributed by atoms with Gasteiger partial charge in [-0.1, -0.05) is 22.1 Å². The quantitative estimate of drug-likeness (QED) is 0.323. The Labute approximate surface area is 231 Å². The molecular weight excluding hydrogens is 587 g/mol. The van der Waals surface area contributed by atoms with E-state index in [4.69, 9.17) is 16.3 Å². The molecule has 1 amide bonds. The van der Waals surface area contributed by atoms with Crippen LogP contribution in [0.2, 0.25) is 5.02 Å². The highest BCUT2D eigenvalue weighted by atomic mass is 35.5. The van der Waals surface area contributed by atoms with Crippen molar-refractivity contribution in [2.24, 2.45) is 0 Å². The molecule has 2 fully saturated rings. The topological polar surface area (TPSA) is 93.2 Å². The summed E-state index contributed by atoms with van der Waals surface area (Å²) in [5.41, 5.74) is -0.284. The van der Waals surface area contributed by atoms with Gasteiger partial charge in [0.05, 0.1) is 16.8 Å². The smallest absolute Gasteiger partial charge is 0.489 e. The van der Waals surface area contributed by atoms with Crippen LogP contribution in [0.25, 0.3) is 0 Å². The SMILES string of the molecule is CS(=O)(=O)N(OC(=O)C(F)(F)F)C(=O)c1cc(C2CC2)cc(CN2CCC(Oc3ccc(F)cc3Cl)CC2)c1F. The van der Waals surface area contributed by atoms with Crippen molar-refractivity contribution in [3.05, 3.63) is 63.7 Å². The van der Waals surface area contributed by atoms with E-state index in [0.29, 0.717) is 43.5 Å². The summed E-state index contributed by atoms with van der Waals surface area (Å²) in [4.78, 5) is 30.0. The van der Waals surface area contributed by atoms with Gasteiger partial charge in [-0.3, -0.25) is 9.69 Å². The molecule has 15 heteroatoms. The minimum atomic E-state index is -5.60. The highest BCUT2D eigenvalue weighted by Crippen LogP contribution is 2.41. The number of rotatable bonds is 7. The van der Waals surface area contributed by atoms with Crippen LogP contribution in [0.5, 0.6) is 5.75 Å². The lowest BCUT2D eigenvalue weighted by atomic mass is 9.99. The third kappa shape index (κ3) is 7.21. The highest BCUT2D eigenvalue weighted by Gasteiger charge is 2.46. The number of amides is 1. The predicted molar refractivity (Wildman–Crippen MR) is 132 cm³/mol. The van der Waals surface area contributed by atoms with Crippen molar-refractivity contribution in [1.29, 1.82) is 0 Å². The molecule has 0 atom stereocenters. The van der Waals surface area contributed by atoms with Crippen molar-refractivity contribution in [2.75, 3.05) is 19.3 Å². The number of halogens is 6. The van der Waals surface area contributed by atoms with Gasteiger partial charge in [0.2, 0.25) is 0 Å². The second-order valence-electron chi connectivity index (χ2n) is 9.66. The van der Waals surface area contributed by atoms with Gasteiger partial charge in [0.15, 0.2) is 0 Å². The number of carbonyl (C=O) groups excluding carboxylic acids is 2. The number of hydroxylamine groups is 1. The van der Waals surface area contributed by atoms with Crippen molar-refractivity contribution in [3.63, 3.8) is 0 Å². The summed E-state index contributed by atoms with van der Waals surface area (Å²) in [6, 6.07) is 6.39. The number of carbonyl (C=O) groups is 2. The third-order valence-electron chi connectivity index (χ3n) is 6.43. The summed E-state index contributed by atoms with van der Waals surface area (Å²) >= 11 is 6.02. The van der Waals surface area contributed by atoms with E-state index in [1.54, 1.807) is 0 Å². The van der Waals surface area contributed by atoms with E-state index in [0.717, 1.165) is 25.0 Å². The molecule has 1 heterocycles. The average Bonchev–Trinajstić information content (AvgIpc) is 3.70. The molecule has 8 nitrogen and oxygen atoms in total. The summed E-state index contributed by atoms with van der Waals surface area (Å²) in [5, 5.41) is 0.127. The Morgan fingerprint density at radius 2 is 1.73 bits per heavy atom. The van der Waals surface area contributed by atoms with Crippen molar-refractivity contribution in [3.8, 4) is 5.75 Å². The van der Waals surface area contributed by atoms with Crippen molar-refractivity contribution in [2.45, 2.75) is 50.4 Å². The van der Waals surface area contributed by atoms with Gasteiger partial charge in [-0.05, 0) is 61.4 Å². The third-order valence-corrected chi connectivity index (χ3v) is 7.57. The number of likely N-dealkylation sites (tertiary alicyclic amines) is 1. The molecule has 2 aromatic rings. The van der Waals surface area contributed by atoms with Crippen molar-refractivity contribution >= 4 is 33.5 Å². The first kappa shape index (κ1) is 30.0. The molecular formula is C25H24ClF5N2O6S. The van der Waals surface area contributed by atoms with Crippen LogP contribution in [-0.2, 0) is 26.2 Å². The zero-order valence-corrected chi connectivity index (χ0v) is 22.6. The summed E-state index contributed by atoms with van der Waals surface area (Å²) < 4.78 is 96.2. The molecule has 1 aliphatic carbocycles. The Morgan fingerprint density at radius 1 is 1.07 bits per heavy atom. The molecule has 0 unspecified atom stereocenters. The number of piperidine rings is 1. The number of benzene rings is 2. The lowest BCUT2D eigenvalue weighted by Gasteiger charge is -2.32. The van der Waals surface area contributed by atoms with Crippen molar-refractivity contribution in [1.82, 2.24) is 9.37 Å². The van der Waals surface area contributed by atoms with Crippen LogP contribution < -0.4 is 4.74 Å². The lowest BCUT2D eigenvalue weighted by molar-refractivity contribution is -0.216. The van der Waals surface area contributed by atoms with Crippen LogP contribution in [0.15, 0.2) is 30.3 Å². The Bertz CT molecular complexity index is 1410. The molecule has 4 rings (SSSR count). The summed E-state index contributed by atoms with van der Waals surface area (Å²) in [6.07, 6.45) is -3.01. The predicted octanol–water partition coefficient (Wildman–Crippen LogP) is 4.96. The number of nitrogens with zero attached hydrogens (tertiary/aromatic N) is 2. The summed E-state index contributed by atoms with van der Waals surface area (Å²) in [7, 11) is -4.86. The molecule has 2 aliphatic rings. The minimum absolute atomic E-state index is 0.0118. The number of alkyl halides is 3. The van der Waals surface area contributed by atoms with Crippen LogP contribution in [0.4, 0.5) is 22.0 Å². The molecule has 0 aromatic heterocycles. The van der Waals surface area contributed by atoms with Gasteiger partial charge in [-0.25, -0.2) is 22.0 Å². The first-order valence-corrected chi connectivity index (χ1v) is 14.4. The Kier molecular flexibility index (Phi) is 8.62. The maximum atomic E-state index is 15.6. The Balaban J connectivity index is 1.52. The normalized spacial score (nSPS) is 17.0. The molecule has 1 saturated carbocycles. The molecule has 40 heavy (non-hydrogen) atoms. The lowest BCUT2D eigenvalue weighted by Crippen LogP contribution is -2.42. The van der Waals surface area contributed by atoms with E-state index in [1.165, 1.54) is 18.2 Å². The molecule has 0 bridgehead atoms. The van der Waals surface area contributed by atoms with E-state index < -0.39 is 49.7 Å². The van der Waals surface area contributed by atoms with Gasteiger partial charge < -0.3 is 9.57 Å². The van der Waals surface area contributed by atoms with E-state index in [2.05, 4.69) is 4.84 Å². The van der Waals surface area contributed by atoms with Gasteiger partial charge in [-0.2, -0.15) is 13.2 Å². The highest BCUT2D eigenvalue weighted by molar-refractivity contribution is 7.88.